The molecule has 4 rings (SSSR count). The van der Waals surface area contributed by atoms with Crippen LogP contribution in [0.25, 0.3) is 11.3 Å². The zero-order valence-corrected chi connectivity index (χ0v) is 15.2. The minimum absolute atomic E-state index is 0.00194. The standard InChI is InChI=1S/C21H27N3O2/c25-13-7-12-22-20-23-18-16-9-4-3-8-15(16)14-21(17(18)19(26)24-20)10-5-1-2-6-11-21/h3-4,8-9,25H,1-2,5-7,10-14H2,(H2,22,23,24,26). The number of hydrogen-bond donors (Lipinski definition) is 3. The molecule has 1 aromatic heterocycles. The first-order valence-corrected chi connectivity index (χ1v) is 9.81. The summed E-state index contributed by atoms with van der Waals surface area (Å²) in [5.41, 5.74) is 4.06. The molecule has 5 nitrogen and oxygen atoms in total. The van der Waals surface area contributed by atoms with Crippen LogP contribution in [0.3, 0.4) is 0 Å². The summed E-state index contributed by atoms with van der Waals surface area (Å²) in [6, 6.07) is 8.38. The van der Waals surface area contributed by atoms with Gasteiger partial charge in [-0.15, -0.1) is 0 Å². The minimum Gasteiger partial charge on any atom is -0.396 e. The van der Waals surface area contributed by atoms with E-state index in [4.69, 9.17) is 10.1 Å². The van der Waals surface area contributed by atoms with Gasteiger partial charge in [0.05, 0.1) is 11.3 Å². The van der Waals surface area contributed by atoms with Gasteiger partial charge in [-0.2, -0.15) is 0 Å². The molecule has 2 aliphatic carbocycles. The molecule has 1 saturated carbocycles. The van der Waals surface area contributed by atoms with Gasteiger partial charge in [-0.05, 0) is 31.2 Å². The Morgan fingerprint density at radius 2 is 1.92 bits per heavy atom. The molecular formula is C21H27N3O2. The number of rotatable bonds is 4. The van der Waals surface area contributed by atoms with E-state index in [9.17, 15) is 4.79 Å². The summed E-state index contributed by atoms with van der Waals surface area (Å²) in [5.74, 6) is 0.502. The lowest BCUT2D eigenvalue weighted by molar-refractivity contribution is 0.292. The van der Waals surface area contributed by atoms with Gasteiger partial charge in [-0.1, -0.05) is 49.9 Å². The third-order valence-corrected chi connectivity index (χ3v) is 5.94. The Morgan fingerprint density at radius 3 is 2.69 bits per heavy atom. The van der Waals surface area contributed by atoms with Crippen molar-refractivity contribution in [3.63, 3.8) is 0 Å². The van der Waals surface area contributed by atoms with Crippen LogP contribution in [-0.2, 0) is 11.8 Å². The van der Waals surface area contributed by atoms with E-state index in [1.165, 1.54) is 31.2 Å². The van der Waals surface area contributed by atoms with Crippen LogP contribution in [0.2, 0.25) is 0 Å². The first-order chi connectivity index (χ1) is 12.7. The fourth-order valence-corrected chi connectivity index (χ4v) is 4.72. The van der Waals surface area contributed by atoms with Gasteiger partial charge in [0.25, 0.3) is 5.56 Å². The number of aromatic nitrogens is 2. The first kappa shape index (κ1) is 17.3. The quantitative estimate of drug-likeness (QED) is 0.737. The van der Waals surface area contributed by atoms with E-state index in [0.717, 1.165) is 36.1 Å². The Kier molecular flexibility index (Phi) is 4.81. The smallest absolute Gasteiger partial charge is 0.256 e. The van der Waals surface area contributed by atoms with Crippen molar-refractivity contribution >= 4 is 5.95 Å². The molecule has 0 atom stereocenters. The number of anilines is 1. The molecule has 0 bridgehead atoms. The molecule has 0 saturated heterocycles. The lowest BCUT2D eigenvalue weighted by Crippen LogP contribution is -2.39. The number of hydrogen-bond acceptors (Lipinski definition) is 4. The van der Waals surface area contributed by atoms with Gasteiger partial charge in [0.1, 0.15) is 0 Å². The number of H-pyrrole nitrogens is 1. The van der Waals surface area contributed by atoms with Crippen LogP contribution in [-0.4, -0.2) is 28.2 Å². The lowest BCUT2D eigenvalue weighted by Gasteiger charge is -2.38. The maximum atomic E-state index is 13.1. The SMILES string of the molecule is O=c1[nH]c(NCCCO)nc2c1C1(CCCCCC1)Cc1ccccc1-2. The molecule has 1 spiro atoms. The largest absolute Gasteiger partial charge is 0.396 e. The van der Waals surface area contributed by atoms with Crippen LogP contribution in [0.1, 0.15) is 56.1 Å². The van der Waals surface area contributed by atoms with Gasteiger partial charge in [0.2, 0.25) is 5.95 Å². The lowest BCUT2D eigenvalue weighted by atomic mass is 9.65. The van der Waals surface area contributed by atoms with Crippen LogP contribution in [0.15, 0.2) is 29.1 Å². The Bertz CT molecular complexity index is 835. The van der Waals surface area contributed by atoms with Gasteiger partial charge in [0, 0.05) is 24.1 Å². The molecule has 3 N–H and O–H groups in total. The highest BCUT2D eigenvalue weighted by Gasteiger charge is 2.42. The average Bonchev–Trinajstić information content (AvgIpc) is 2.87. The van der Waals surface area contributed by atoms with Gasteiger partial charge in [-0.25, -0.2) is 4.98 Å². The molecule has 1 fully saturated rings. The third-order valence-electron chi connectivity index (χ3n) is 5.94. The zero-order chi connectivity index (χ0) is 18.0. The van der Waals surface area contributed by atoms with Crippen LogP contribution < -0.4 is 10.9 Å². The monoisotopic (exact) mass is 353 g/mol. The predicted molar refractivity (Wildman–Crippen MR) is 104 cm³/mol. The van der Waals surface area contributed by atoms with E-state index in [2.05, 4.69) is 28.5 Å². The number of fused-ring (bicyclic) bond motifs is 4. The van der Waals surface area contributed by atoms with E-state index < -0.39 is 0 Å². The van der Waals surface area contributed by atoms with E-state index >= 15 is 0 Å². The maximum Gasteiger partial charge on any atom is 0.256 e. The highest BCUT2D eigenvalue weighted by molar-refractivity contribution is 5.72. The Balaban J connectivity index is 1.85. The highest BCUT2D eigenvalue weighted by Crippen LogP contribution is 2.47. The van der Waals surface area contributed by atoms with Gasteiger partial charge >= 0.3 is 0 Å². The summed E-state index contributed by atoms with van der Waals surface area (Å²) in [5, 5.41) is 12.1. The number of aromatic amines is 1. The van der Waals surface area contributed by atoms with Crippen LogP contribution in [0.5, 0.6) is 0 Å². The Labute approximate surface area is 153 Å². The predicted octanol–water partition coefficient (Wildman–Crippen LogP) is 3.38. The van der Waals surface area contributed by atoms with Crippen molar-refractivity contribution in [1.82, 2.24) is 9.97 Å². The van der Waals surface area contributed by atoms with Gasteiger partial charge < -0.3 is 10.4 Å². The summed E-state index contributed by atoms with van der Waals surface area (Å²) in [7, 11) is 0. The molecular weight excluding hydrogens is 326 g/mol. The van der Waals surface area contributed by atoms with Crippen molar-refractivity contribution in [2.24, 2.45) is 0 Å². The van der Waals surface area contributed by atoms with Crippen molar-refractivity contribution < 1.29 is 5.11 Å². The molecule has 5 heteroatoms. The third kappa shape index (κ3) is 3.05. The minimum atomic E-state index is -0.0790. The maximum absolute atomic E-state index is 13.1. The molecule has 0 aliphatic heterocycles. The normalized spacial score (nSPS) is 18.0. The number of nitrogens with zero attached hydrogens (tertiary/aromatic N) is 1. The zero-order valence-electron chi connectivity index (χ0n) is 15.2. The Morgan fingerprint density at radius 1 is 1.15 bits per heavy atom. The van der Waals surface area contributed by atoms with Crippen LogP contribution in [0, 0.1) is 0 Å². The Hall–Kier alpha value is -2.14. The number of aliphatic hydroxyl groups excluding tert-OH is 1. The number of benzene rings is 1. The molecule has 0 amide bonds. The molecule has 138 valence electrons. The summed E-state index contributed by atoms with van der Waals surface area (Å²) in [6.45, 7) is 0.707. The summed E-state index contributed by atoms with van der Waals surface area (Å²) >= 11 is 0. The van der Waals surface area contributed by atoms with E-state index in [1.54, 1.807) is 0 Å². The molecule has 0 unspecified atom stereocenters. The van der Waals surface area contributed by atoms with Gasteiger partial charge in [-0.3, -0.25) is 9.78 Å². The molecule has 2 aliphatic rings. The number of aliphatic hydroxyl groups is 1. The van der Waals surface area contributed by atoms with Crippen LogP contribution in [0.4, 0.5) is 5.95 Å². The fraction of sp³-hybridized carbons (Fsp3) is 0.524. The van der Waals surface area contributed by atoms with Crippen molar-refractivity contribution in [3.05, 3.63) is 45.7 Å². The second-order valence-corrected chi connectivity index (χ2v) is 7.67. The van der Waals surface area contributed by atoms with Crippen LogP contribution >= 0.6 is 0 Å². The van der Waals surface area contributed by atoms with E-state index in [-0.39, 0.29) is 17.6 Å². The van der Waals surface area contributed by atoms with Crippen molar-refractivity contribution in [2.45, 2.75) is 56.8 Å². The molecule has 26 heavy (non-hydrogen) atoms. The van der Waals surface area contributed by atoms with Crippen molar-refractivity contribution in [1.29, 1.82) is 0 Å². The van der Waals surface area contributed by atoms with Crippen molar-refractivity contribution in [3.8, 4) is 11.3 Å². The molecule has 0 radical (unpaired) electrons. The molecule has 2 aromatic rings. The summed E-state index contributed by atoms with van der Waals surface area (Å²) < 4.78 is 0. The van der Waals surface area contributed by atoms with E-state index in [0.29, 0.717) is 18.9 Å². The van der Waals surface area contributed by atoms with Crippen molar-refractivity contribution in [2.75, 3.05) is 18.5 Å². The second kappa shape index (κ2) is 7.23. The first-order valence-electron chi connectivity index (χ1n) is 9.81. The average molecular weight is 353 g/mol. The topological polar surface area (TPSA) is 78.0 Å². The summed E-state index contributed by atoms with van der Waals surface area (Å²) in [6.07, 6.45) is 8.57. The molecule has 1 aromatic carbocycles. The summed E-state index contributed by atoms with van der Waals surface area (Å²) in [4.78, 5) is 20.9. The number of nitrogens with one attached hydrogen (secondary N) is 2. The molecule has 1 heterocycles. The fourth-order valence-electron chi connectivity index (χ4n) is 4.72. The second-order valence-electron chi connectivity index (χ2n) is 7.67. The highest BCUT2D eigenvalue weighted by atomic mass is 16.3. The van der Waals surface area contributed by atoms with E-state index in [1.807, 2.05) is 6.07 Å². The van der Waals surface area contributed by atoms with Gasteiger partial charge in [0.15, 0.2) is 0 Å².